The number of carboxylic acids is 1. The number of aromatic nitrogens is 1. The molecule has 1 aromatic heterocycles. The van der Waals surface area contributed by atoms with Crippen LogP contribution in [-0.4, -0.2) is 71.1 Å². The summed E-state index contributed by atoms with van der Waals surface area (Å²) in [7, 11) is 5.72. The van der Waals surface area contributed by atoms with E-state index >= 15 is 0 Å². The number of ether oxygens (including phenoxy) is 1. The van der Waals surface area contributed by atoms with Crippen LogP contribution in [-0.2, 0) is 6.61 Å². The zero-order chi connectivity index (χ0) is 25.8. The van der Waals surface area contributed by atoms with Gasteiger partial charge in [0.1, 0.15) is 23.1 Å². The molecule has 0 aliphatic rings. The fourth-order valence-corrected chi connectivity index (χ4v) is 4.66. The van der Waals surface area contributed by atoms with Crippen molar-refractivity contribution in [3.8, 4) is 22.1 Å². The van der Waals surface area contributed by atoms with Crippen LogP contribution in [0.15, 0.2) is 60.7 Å². The molecule has 36 heavy (non-hydrogen) atoms. The molecule has 0 saturated carbocycles. The van der Waals surface area contributed by atoms with Crippen molar-refractivity contribution in [2.24, 2.45) is 0 Å². The Hall–Kier alpha value is -3.95. The molecule has 0 saturated heterocycles. The molecule has 0 radical (unpaired) electrons. The van der Waals surface area contributed by atoms with E-state index in [1.165, 1.54) is 23.5 Å². The van der Waals surface area contributed by atoms with Gasteiger partial charge >= 0.3 is 5.97 Å². The first-order valence-electron chi connectivity index (χ1n) is 11.3. The van der Waals surface area contributed by atoms with E-state index in [2.05, 4.69) is 4.98 Å². The maximum Gasteiger partial charge on any atom is 0.335 e. The molecule has 186 valence electrons. The van der Waals surface area contributed by atoms with Gasteiger partial charge < -0.3 is 24.7 Å². The minimum atomic E-state index is -0.987. The van der Waals surface area contributed by atoms with Gasteiger partial charge in [0, 0.05) is 25.7 Å². The summed E-state index contributed by atoms with van der Waals surface area (Å²) in [5, 5.41) is 20.3. The number of thiazole rings is 1. The molecule has 1 heterocycles. The average molecular weight is 506 g/mol. The summed E-state index contributed by atoms with van der Waals surface area (Å²) in [6.07, 6.45) is 0. The Morgan fingerprint density at radius 3 is 2.39 bits per heavy atom. The third-order valence-corrected chi connectivity index (χ3v) is 6.71. The van der Waals surface area contributed by atoms with E-state index in [1.807, 2.05) is 31.1 Å². The van der Waals surface area contributed by atoms with Crippen LogP contribution in [0.4, 0.5) is 0 Å². The molecule has 8 nitrogen and oxygen atoms in total. The Bertz CT molecular complexity index is 1400. The van der Waals surface area contributed by atoms with Crippen LogP contribution < -0.4 is 4.74 Å². The number of phenols is 1. The molecule has 0 atom stereocenters. The number of rotatable bonds is 9. The molecule has 4 aromatic rings. The molecule has 1 amide bonds. The molecule has 0 bridgehead atoms. The van der Waals surface area contributed by atoms with Gasteiger partial charge in [0.05, 0.1) is 21.3 Å². The highest BCUT2D eigenvalue weighted by Gasteiger charge is 2.18. The van der Waals surface area contributed by atoms with Crippen LogP contribution in [0.3, 0.4) is 0 Å². The van der Waals surface area contributed by atoms with Gasteiger partial charge in [0.2, 0.25) is 0 Å². The molecule has 0 aliphatic carbocycles. The number of benzene rings is 3. The SMILES string of the molecule is CN(C)CCN(C)C(=O)c1ccc2nc(-c3c(O)cccc3OCc3ccc(C(=O)O)cc3)sc2c1. The predicted octanol–water partition coefficient (Wildman–Crippen LogP) is 4.58. The van der Waals surface area contributed by atoms with Gasteiger partial charge in [-0.2, -0.15) is 0 Å². The van der Waals surface area contributed by atoms with Crippen molar-refractivity contribution in [1.29, 1.82) is 0 Å². The summed E-state index contributed by atoms with van der Waals surface area (Å²) >= 11 is 1.37. The number of hydrogen-bond acceptors (Lipinski definition) is 7. The zero-order valence-corrected chi connectivity index (χ0v) is 21.1. The van der Waals surface area contributed by atoms with E-state index < -0.39 is 5.97 Å². The van der Waals surface area contributed by atoms with Gasteiger partial charge in [-0.3, -0.25) is 4.79 Å². The van der Waals surface area contributed by atoms with Crippen LogP contribution in [0.2, 0.25) is 0 Å². The first kappa shape index (κ1) is 25.2. The Morgan fingerprint density at radius 1 is 0.972 bits per heavy atom. The maximum absolute atomic E-state index is 12.9. The van der Waals surface area contributed by atoms with Crippen molar-refractivity contribution in [2.45, 2.75) is 6.61 Å². The van der Waals surface area contributed by atoms with Gasteiger partial charge in [0.15, 0.2) is 0 Å². The molecule has 0 fully saturated rings. The minimum absolute atomic E-state index is 0.0347. The number of carbonyl (C=O) groups is 2. The molecule has 0 aliphatic heterocycles. The van der Waals surface area contributed by atoms with Crippen molar-refractivity contribution < 1.29 is 24.5 Å². The predicted molar refractivity (Wildman–Crippen MR) is 140 cm³/mol. The standard InChI is InChI=1S/C27H27N3O5S/c1-29(2)13-14-30(3)26(32)19-11-12-20-23(15-19)36-25(28-20)24-21(31)5-4-6-22(24)35-16-17-7-9-18(10-8-17)27(33)34/h4-12,15,31H,13-14,16H2,1-3H3,(H,33,34). The van der Waals surface area contributed by atoms with E-state index in [0.29, 0.717) is 28.4 Å². The molecule has 0 spiro atoms. The van der Waals surface area contributed by atoms with E-state index in [1.54, 1.807) is 48.3 Å². The zero-order valence-electron chi connectivity index (χ0n) is 20.3. The molecular formula is C27H27N3O5S. The van der Waals surface area contributed by atoms with Crippen molar-refractivity contribution in [1.82, 2.24) is 14.8 Å². The fraction of sp³-hybridized carbons (Fsp3) is 0.222. The van der Waals surface area contributed by atoms with Gasteiger partial charge in [0.25, 0.3) is 5.91 Å². The number of aromatic carboxylic acids is 1. The summed E-state index contributed by atoms with van der Waals surface area (Å²) in [4.78, 5) is 32.3. The molecular weight excluding hydrogens is 478 g/mol. The Labute approximate surface area is 213 Å². The summed E-state index contributed by atoms with van der Waals surface area (Å²) < 4.78 is 6.82. The first-order chi connectivity index (χ1) is 17.2. The number of likely N-dealkylation sites (N-methyl/N-ethyl adjacent to an activating group) is 2. The molecule has 0 unspecified atom stereocenters. The molecule has 3 aromatic carbocycles. The highest BCUT2D eigenvalue weighted by atomic mass is 32.1. The third-order valence-electron chi connectivity index (χ3n) is 5.68. The number of hydrogen-bond donors (Lipinski definition) is 2. The smallest absolute Gasteiger partial charge is 0.335 e. The molecule has 4 rings (SSSR count). The Morgan fingerprint density at radius 2 is 1.69 bits per heavy atom. The second kappa shape index (κ2) is 10.8. The average Bonchev–Trinajstić information content (AvgIpc) is 3.28. The lowest BCUT2D eigenvalue weighted by molar-refractivity contribution is 0.0696. The van der Waals surface area contributed by atoms with Crippen molar-refractivity contribution in [3.05, 3.63) is 77.4 Å². The van der Waals surface area contributed by atoms with Gasteiger partial charge in [-0.25, -0.2) is 9.78 Å². The molecule has 2 N–H and O–H groups in total. The second-order valence-electron chi connectivity index (χ2n) is 8.67. The van der Waals surface area contributed by atoms with Gasteiger partial charge in [-0.1, -0.05) is 18.2 Å². The van der Waals surface area contributed by atoms with Crippen molar-refractivity contribution in [3.63, 3.8) is 0 Å². The quantitative estimate of drug-likeness (QED) is 0.343. The number of carbonyl (C=O) groups excluding carboxylic acids is 1. The summed E-state index contributed by atoms with van der Waals surface area (Å²) in [5.41, 5.74) is 2.77. The molecule has 9 heteroatoms. The highest BCUT2D eigenvalue weighted by Crippen LogP contribution is 2.41. The number of amides is 1. The van der Waals surface area contributed by atoms with Crippen LogP contribution in [0.1, 0.15) is 26.3 Å². The maximum atomic E-state index is 12.9. The van der Waals surface area contributed by atoms with Crippen LogP contribution in [0.5, 0.6) is 11.5 Å². The number of phenolic OH excluding ortho intramolecular Hbond substituents is 1. The Balaban J connectivity index is 1.58. The van der Waals surface area contributed by atoms with E-state index in [-0.39, 0.29) is 23.8 Å². The largest absolute Gasteiger partial charge is 0.507 e. The third kappa shape index (κ3) is 5.64. The van der Waals surface area contributed by atoms with E-state index in [4.69, 9.17) is 9.84 Å². The summed E-state index contributed by atoms with van der Waals surface area (Å²) in [6, 6.07) is 16.9. The first-order valence-corrected chi connectivity index (χ1v) is 12.1. The summed E-state index contributed by atoms with van der Waals surface area (Å²) in [5.74, 6) is -0.559. The van der Waals surface area contributed by atoms with Crippen LogP contribution in [0.25, 0.3) is 20.8 Å². The lowest BCUT2D eigenvalue weighted by Crippen LogP contribution is -2.33. The minimum Gasteiger partial charge on any atom is -0.507 e. The monoisotopic (exact) mass is 505 g/mol. The van der Waals surface area contributed by atoms with E-state index in [0.717, 1.165) is 22.3 Å². The number of aromatic hydroxyl groups is 1. The summed E-state index contributed by atoms with van der Waals surface area (Å²) in [6.45, 7) is 1.59. The second-order valence-corrected chi connectivity index (χ2v) is 9.70. The number of nitrogens with zero attached hydrogens (tertiary/aromatic N) is 3. The van der Waals surface area contributed by atoms with E-state index in [9.17, 15) is 14.7 Å². The van der Waals surface area contributed by atoms with Crippen LogP contribution >= 0.6 is 11.3 Å². The lowest BCUT2D eigenvalue weighted by Gasteiger charge is -2.19. The van der Waals surface area contributed by atoms with Crippen molar-refractivity contribution in [2.75, 3.05) is 34.2 Å². The number of fused-ring (bicyclic) bond motifs is 1. The van der Waals surface area contributed by atoms with Gasteiger partial charge in [-0.05, 0) is 62.1 Å². The van der Waals surface area contributed by atoms with Crippen LogP contribution in [0, 0.1) is 0 Å². The Kier molecular flexibility index (Phi) is 7.52. The highest BCUT2D eigenvalue weighted by molar-refractivity contribution is 7.21. The normalized spacial score (nSPS) is 11.1. The van der Waals surface area contributed by atoms with Gasteiger partial charge in [-0.15, -0.1) is 11.3 Å². The fourth-order valence-electron chi connectivity index (χ4n) is 3.60. The number of carboxylic acid groups (broad SMARTS) is 1. The van der Waals surface area contributed by atoms with Crippen molar-refractivity contribution >= 4 is 33.4 Å². The topological polar surface area (TPSA) is 103 Å². The lowest BCUT2D eigenvalue weighted by atomic mass is 10.1.